The molecule has 2 heterocycles. The lowest BCUT2D eigenvalue weighted by molar-refractivity contribution is 0.0752. The normalized spacial score (nSPS) is 9.95. The molecule has 0 unspecified atom stereocenters. The van der Waals surface area contributed by atoms with Crippen molar-refractivity contribution in [3.8, 4) is 11.8 Å². The molecule has 104 valence electrons. The van der Waals surface area contributed by atoms with Gasteiger partial charge in [-0.15, -0.1) is 11.3 Å². The van der Waals surface area contributed by atoms with Gasteiger partial charge in [-0.1, -0.05) is 11.8 Å². The van der Waals surface area contributed by atoms with E-state index in [0.29, 0.717) is 18.8 Å². The largest absolute Gasteiger partial charge is 0.459 e. The van der Waals surface area contributed by atoms with Crippen LogP contribution in [0.5, 0.6) is 0 Å². The Hall–Kier alpha value is -2.03. The van der Waals surface area contributed by atoms with Crippen molar-refractivity contribution in [3.63, 3.8) is 0 Å². The Morgan fingerprint density at radius 3 is 3.00 bits per heavy atom. The molecule has 1 amide bonds. The van der Waals surface area contributed by atoms with E-state index in [9.17, 15) is 4.79 Å². The molecule has 0 bridgehead atoms. The number of nitrogens with zero attached hydrogens (tertiary/aromatic N) is 1. The van der Waals surface area contributed by atoms with Crippen molar-refractivity contribution < 1.29 is 9.21 Å². The van der Waals surface area contributed by atoms with Crippen LogP contribution in [0, 0.1) is 18.8 Å². The van der Waals surface area contributed by atoms with Crippen molar-refractivity contribution in [2.45, 2.75) is 13.5 Å². The first kappa shape index (κ1) is 14.4. The van der Waals surface area contributed by atoms with E-state index in [1.54, 1.807) is 29.4 Å². The number of nitrogens with two attached hydrogens (primary N) is 1. The maximum absolute atomic E-state index is 12.2. The molecule has 0 radical (unpaired) electrons. The quantitative estimate of drug-likeness (QED) is 0.881. The number of hydrogen-bond acceptors (Lipinski definition) is 4. The molecular weight excluding hydrogens is 272 g/mol. The van der Waals surface area contributed by atoms with Crippen LogP contribution in [-0.2, 0) is 6.54 Å². The lowest BCUT2D eigenvalue weighted by Gasteiger charge is -2.15. The average Bonchev–Trinajstić information content (AvgIpc) is 3.04. The minimum absolute atomic E-state index is 0.117. The molecule has 2 rings (SSSR count). The van der Waals surface area contributed by atoms with Crippen LogP contribution in [0.1, 0.15) is 26.6 Å². The van der Waals surface area contributed by atoms with Crippen LogP contribution in [-0.4, -0.2) is 24.4 Å². The molecule has 20 heavy (non-hydrogen) atoms. The number of hydrogen-bond donors (Lipinski definition) is 1. The number of carbonyl (C=O) groups is 1. The Kier molecular flexibility index (Phi) is 4.61. The van der Waals surface area contributed by atoms with Crippen LogP contribution in [0.2, 0.25) is 0 Å². The van der Waals surface area contributed by atoms with Crippen molar-refractivity contribution in [1.29, 1.82) is 0 Å². The lowest BCUT2D eigenvalue weighted by atomic mass is 10.2. The van der Waals surface area contributed by atoms with Gasteiger partial charge in [-0.05, 0) is 30.0 Å². The van der Waals surface area contributed by atoms with Crippen LogP contribution >= 0.6 is 11.3 Å². The highest BCUT2D eigenvalue weighted by Crippen LogP contribution is 2.17. The van der Waals surface area contributed by atoms with Gasteiger partial charge in [-0.25, -0.2) is 0 Å². The summed E-state index contributed by atoms with van der Waals surface area (Å²) in [5, 5.41) is 2.00. The second kappa shape index (κ2) is 6.42. The van der Waals surface area contributed by atoms with E-state index in [0.717, 1.165) is 16.0 Å². The van der Waals surface area contributed by atoms with Crippen molar-refractivity contribution >= 4 is 17.2 Å². The summed E-state index contributed by atoms with van der Waals surface area (Å²) in [6, 6.07) is 3.76. The first-order valence-corrected chi connectivity index (χ1v) is 7.05. The molecule has 0 spiro atoms. The number of aryl methyl sites for hydroxylation is 1. The SMILES string of the molecule is Cc1ccoc1C(=O)N(C)Cc1csc(C#CCN)c1. The third-order valence-electron chi connectivity index (χ3n) is 2.79. The van der Waals surface area contributed by atoms with Gasteiger partial charge < -0.3 is 15.1 Å². The fraction of sp³-hybridized carbons (Fsp3) is 0.267. The molecule has 0 aliphatic rings. The fourth-order valence-corrected chi connectivity index (χ4v) is 2.54. The summed E-state index contributed by atoms with van der Waals surface area (Å²) in [6.45, 7) is 2.73. The minimum atomic E-state index is -0.117. The highest BCUT2D eigenvalue weighted by atomic mass is 32.1. The molecule has 2 N–H and O–H groups in total. The van der Waals surface area contributed by atoms with Gasteiger partial charge in [0.05, 0.1) is 17.7 Å². The summed E-state index contributed by atoms with van der Waals surface area (Å²) in [7, 11) is 1.76. The Bertz CT molecular complexity index is 661. The summed E-state index contributed by atoms with van der Waals surface area (Å²) >= 11 is 1.55. The van der Waals surface area contributed by atoms with E-state index in [-0.39, 0.29) is 5.91 Å². The molecule has 0 fully saturated rings. The van der Waals surface area contributed by atoms with Gasteiger partial charge in [0.15, 0.2) is 5.76 Å². The smallest absolute Gasteiger partial charge is 0.289 e. The number of thiophene rings is 1. The van der Waals surface area contributed by atoms with Crippen LogP contribution in [0.15, 0.2) is 28.2 Å². The third-order valence-corrected chi connectivity index (χ3v) is 3.68. The first-order chi connectivity index (χ1) is 9.61. The zero-order chi connectivity index (χ0) is 14.5. The van der Waals surface area contributed by atoms with E-state index in [1.807, 2.05) is 18.4 Å². The maximum Gasteiger partial charge on any atom is 0.289 e. The Labute approximate surface area is 122 Å². The van der Waals surface area contributed by atoms with Crippen LogP contribution < -0.4 is 5.73 Å². The van der Waals surface area contributed by atoms with Crippen molar-refractivity contribution in [3.05, 3.63) is 45.5 Å². The molecular formula is C15H16N2O2S. The molecule has 0 atom stereocenters. The number of carbonyl (C=O) groups excluding carboxylic acids is 1. The Morgan fingerprint density at radius 1 is 1.55 bits per heavy atom. The summed E-state index contributed by atoms with van der Waals surface area (Å²) in [4.78, 5) is 14.8. The summed E-state index contributed by atoms with van der Waals surface area (Å²) in [6.07, 6.45) is 1.53. The second-order valence-corrected chi connectivity index (χ2v) is 5.33. The standard InChI is InChI=1S/C15H16N2O2S/c1-11-5-7-19-14(11)15(18)17(2)9-12-8-13(20-10-12)4-3-6-16/h5,7-8,10H,6,9,16H2,1-2H3. The maximum atomic E-state index is 12.2. The van der Waals surface area contributed by atoms with E-state index < -0.39 is 0 Å². The zero-order valence-corrected chi connectivity index (χ0v) is 12.3. The van der Waals surface area contributed by atoms with Crippen LogP contribution in [0.4, 0.5) is 0 Å². The van der Waals surface area contributed by atoms with Crippen molar-refractivity contribution in [1.82, 2.24) is 4.90 Å². The first-order valence-electron chi connectivity index (χ1n) is 6.17. The Morgan fingerprint density at radius 2 is 2.35 bits per heavy atom. The van der Waals surface area contributed by atoms with Gasteiger partial charge in [-0.3, -0.25) is 4.79 Å². The predicted octanol–water partition coefficient (Wildman–Crippen LogP) is 2.23. The van der Waals surface area contributed by atoms with E-state index in [4.69, 9.17) is 10.2 Å². The monoisotopic (exact) mass is 288 g/mol. The summed E-state index contributed by atoms with van der Waals surface area (Å²) < 4.78 is 5.22. The van der Waals surface area contributed by atoms with E-state index in [2.05, 4.69) is 11.8 Å². The second-order valence-electron chi connectivity index (χ2n) is 4.42. The highest BCUT2D eigenvalue weighted by Gasteiger charge is 2.17. The van der Waals surface area contributed by atoms with Gasteiger partial charge in [-0.2, -0.15) is 0 Å². The van der Waals surface area contributed by atoms with E-state index in [1.165, 1.54) is 6.26 Å². The average molecular weight is 288 g/mol. The van der Waals surface area contributed by atoms with Gasteiger partial charge in [0.1, 0.15) is 0 Å². The summed E-state index contributed by atoms with van der Waals surface area (Å²) in [5.74, 6) is 6.08. The van der Waals surface area contributed by atoms with Crippen molar-refractivity contribution in [2.75, 3.05) is 13.6 Å². The van der Waals surface area contributed by atoms with Gasteiger partial charge in [0.2, 0.25) is 0 Å². The van der Waals surface area contributed by atoms with Crippen LogP contribution in [0.3, 0.4) is 0 Å². The van der Waals surface area contributed by atoms with Crippen molar-refractivity contribution in [2.24, 2.45) is 5.73 Å². The minimum Gasteiger partial charge on any atom is -0.459 e. The topological polar surface area (TPSA) is 59.5 Å². The van der Waals surface area contributed by atoms with Gasteiger partial charge in [0, 0.05) is 19.2 Å². The highest BCUT2D eigenvalue weighted by molar-refractivity contribution is 7.10. The molecule has 0 saturated carbocycles. The number of rotatable bonds is 3. The molecule has 5 heteroatoms. The predicted molar refractivity (Wildman–Crippen MR) is 79.5 cm³/mol. The van der Waals surface area contributed by atoms with E-state index >= 15 is 0 Å². The number of furan rings is 1. The molecule has 0 aromatic carbocycles. The number of amides is 1. The zero-order valence-electron chi connectivity index (χ0n) is 11.5. The molecule has 2 aromatic heterocycles. The molecule has 4 nitrogen and oxygen atoms in total. The summed E-state index contributed by atoms with van der Waals surface area (Å²) in [5.41, 5.74) is 7.24. The third kappa shape index (κ3) is 3.29. The Balaban J connectivity index is 2.04. The van der Waals surface area contributed by atoms with Crippen LogP contribution in [0.25, 0.3) is 0 Å². The lowest BCUT2D eigenvalue weighted by Crippen LogP contribution is -2.26. The van der Waals surface area contributed by atoms with Gasteiger partial charge in [0.25, 0.3) is 5.91 Å². The molecule has 0 aliphatic carbocycles. The fourth-order valence-electron chi connectivity index (χ4n) is 1.77. The van der Waals surface area contributed by atoms with Gasteiger partial charge >= 0.3 is 0 Å². The molecule has 0 aliphatic heterocycles. The molecule has 0 saturated heterocycles. The molecule has 2 aromatic rings.